The first-order valence-corrected chi connectivity index (χ1v) is 7.94. The van der Waals surface area contributed by atoms with Crippen LogP contribution in [0.1, 0.15) is 26.5 Å². The summed E-state index contributed by atoms with van der Waals surface area (Å²) < 4.78 is 15.4. The van der Waals surface area contributed by atoms with Gasteiger partial charge in [0, 0.05) is 27.7 Å². The molecule has 3 rings (SSSR count). The Hall–Kier alpha value is -2.54. The molecule has 0 bridgehead atoms. The maximum atomic E-state index is 14.6. The third-order valence-corrected chi connectivity index (χ3v) is 4.17. The van der Waals surface area contributed by atoms with Crippen LogP contribution in [0, 0.1) is 5.95 Å². The summed E-state index contributed by atoms with van der Waals surface area (Å²) >= 11 is 5.95. The minimum absolute atomic E-state index is 0.231. The van der Waals surface area contributed by atoms with Gasteiger partial charge in [-0.1, -0.05) is 32.4 Å². The molecule has 2 aromatic rings. The van der Waals surface area contributed by atoms with Crippen molar-refractivity contribution in [2.24, 2.45) is 0 Å². The Kier molecular flexibility index (Phi) is 3.99. The molecular formula is C17H16ClFN4O2. The zero-order chi connectivity index (χ0) is 18.4. The van der Waals surface area contributed by atoms with Gasteiger partial charge >= 0.3 is 0 Å². The number of carbonyl (C=O) groups excluding carboxylic acids is 1. The molecule has 0 aromatic carbocycles. The second-order valence-corrected chi connectivity index (χ2v) is 7.26. The van der Waals surface area contributed by atoms with Gasteiger partial charge in [-0.15, -0.1) is 0 Å². The van der Waals surface area contributed by atoms with Crippen molar-refractivity contribution in [1.82, 2.24) is 20.1 Å². The van der Waals surface area contributed by atoms with Crippen LogP contribution >= 0.6 is 11.6 Å². The van der Waals surface area contributed by atoms with E-state index >= 15 is 0 Å². The van der Waals surface area contributed by atoms with E-state index in [1.807, 2.05) is 20.8 Å². The lowest BCUT2D eigenvalue weighted by Gasteiger charge is -2.28. The molecule has 6 nitrogen and oxygen atoms in total. The second-order valence-electron chi connectivity index (χ2n) is 6.82. The van der Waals surface area contributed by atoms with Crippen LogP contribution in [-0.2, 0) is 15.9 Å². The highest BCUT2D eigenvalue weighted by Gasteiger charge is 2.34. The molecule has 0 amide bonds. The number of halogens is 2. The fourth-order valence-electron chi connectivity index (χ4n) is 2.57. The van der Waals surface area contributed by atoms with Gasteiger partial charge in [-0.2, -0.15) is 14.2 Å². The van der Waals surface area contributed by atoms with Crippen molar-refractivity contribution in [3.8, 4) is 0 Å². The number of hydrogen-bond donors (Lipinski definition) is 1. The van der Waals surface area contributed by atoms with Gasteiger partial charge < -0.3 is 5.32 Å². The summed E-state index contributed by atoms with van der Waals surface area (Å²) in [6.45, 7) is 5.67. The average molecular weight is 363 g/mol. The molecule has 1 aliphatic rings. The van der Waals surface area contributed by atoms with E-state index < -0.39 is 17.2 Å². The van der Waals surface area contributed by atoms with E-state index in [1.165, 1.54) is 24.5 Å². The molecule has 8 heteroatoms. The molecule has 0 saturated heterocycles. The standard InChI is InChI=1S/C17H16ClFN4O2/c1-16(2,3)12-6-10-8-21-23(15(25)13(10)14(19)22-12)17(9-24)7-11(18)4-5-20-17/h4-9,20H,1-3H3. The molecule has 3 heterocycles. The van der Waals surface area contributed by atoms with Gasteiger partial charge in [-0.05, 0) is 18.2 Å². The first-order chi connectivity index (χ1) is 11.7. The molecule has 1 unspecified atom stereocenters. The van der Waals surface area contributed by atoms with Crippen LogP contribution in [0.5, 0.6) is 0 Å². The molecule has 1 atom stereocenters. The van der Waals surface area contributed by atoms with Gasteiger partial charge in [0.25, 0.3) is 5.56 Å². The zero-order valence-electron chi connectivity index (χ0n) is 13.9. The lowest BCUT2D eigenvalue weighted by Crippen LogP contribution is -2.52. The van der Waals surface area contributed by atoms with Gasteiger partial charge in [-0.25, -0.2) is 4.98 Å². The summed E-state index contributed by atoms with van der Waals surface area (Å²) in [5.41, 5.74) is -2.28. The highest BCUT2D eigenvalue weighted by Crippen LogP contribution is 2.25. The van der Waals surface area contributed by atoms with Gasteiger partial charge in [0.2, 0.25) is 11.6 Å². The predicted molar refractivity (Wildman–Crippen MR) is 92.7 cm³/mol. The Labute approximate surface area is 148 Å². The van der Waals surface area contributed by atoms with E-state index in [0.29, 0.717) is 17.4 Å². The Morgan fingerprint density at radius 3 is 2.72 bits per heavy atom. The van der Waals surface area contributed by atoms with Crippen molar-refractivity contribution < 1.29 is 9.18 Å². The summed E-state index contributed by atoms with van der Waals surface area (Å²) in [6.07, 6.45) is 6.09. The number of fused-ring (bicyclic) bond motifs is 1. The van der Waals surface area contributed by atoms with Crippen LogP contribution in [0.4, 0.5) is 4.39 Å². The highest BCUT2D eigenvalue weighted by molar-refractivity contribution is 6.31. The quantitative estimate of drug-likeness (QED) is 0.655. The minimum Gasteiger partial charge on any atom is -0.358 e. The Bertz CT molecular complexity index is 991. The molecule has 1 aliphatic heterocycles. The van der Waals surface area contributed by atoms with Gasteiger partial charge in [0.15, 0.2) is 6.29 Å². The Balaban J connectivity index is 2.29. The van der Waals surface area contributed by atoms with Crippen molar-refractivity contribution in [3.05, 3.63) is 57.6 Å². The number of hydrogen-bond acceptors (Lipinski definition) is 5. The number of dihydropyridines is 1. The van der Waals surface area contributed by atoms with Gasteiger partial charge in [0.05, 0.1) is 6.20 Å². The fraction of sp³-hybridized carbons (Fsp3) is 0.294. The van der Waals surface area contributed by atoms with Crippen molar-refractivity contribution >= 4 is 28.7 Å². The number of carbonyl (C=O) groups is 1. The topological polar surface area (TPSA) is 76.9 Å². The van der Waals surface area contributed by atoms with E-state index in [2.05, 4.69) is 15.4 Å². The molecule has 0 fully saturated rings. The molecule has 0 spiro atoms. The van der Waals surface area contributed by atoms with Crippen molar-refractivity contribution in [2.45, 2.75) is 31.8 Å². The fourth-order valence-corrected chi connectivity index (χ4v) is 2.80. The number of nitrogens with zero attached hydrogens (tertiary/aromatic N) is 3. The molecule has 1 N–H and O–H groups in total. The number of aldehydes is 1. The monoisotopic (exact) mass is 362 g/mol. The van der Waals surface area contributed by atoms with E-state index in [9.17, 15) is 14.0 Å². The molecule has 2 aromatic heterocycles. The van der Waals surface area contributed by atoms with E-state index in [4.69, 9.17) is 11.6 Å². The van der Waals surface area contributed by atoms with Crippen LogP contribution < -0.4 is 10.9 Å². The number of aromatic nitrogens is 3. The third kappa shape index (κ3) is 2.84. The smallest absolute Gasteiger partial charge is 0.282 e. The summed E-state index contributed by atoms with van der Waals surface area (Å²) in [5.74, 6) is -0.897. The Morgan fingerprint density at radius 2 is 2.12 bits per heavy atom. The third-order valence-electron chi connectivity index (χ3n) is 3.94. The van der Waals surface area contributed by atoms with Crippen LogP contribution in [0.3, 0.4) is 0 Å². The largest absolute Gasteiger partial charge is 0.358 e. The SMILES string of the molecule is CC(C)(C)c1cc2cnn(C3(C=O)C=C(Cl)C=CN3)c(=O)c2c(F)n1. The van der Waals surface area contributed by atoms with Crippen LogP contribution in [0.15, 0.2) is 40.4 Å². The highest BCUT2D eigenvalue weighted by atomic mass is 35.5. The molecule has 0 aliphatic carbocycles. The van der Waals surface area contributed by atoms with Crippen molar-refractivity contribution in [2.75, 3.05) is 0 Å². The second kappa shape index (κ2) is 5.77. The molecule has 0 saturated carbocycles. The number of rotatable bonds is 2. The summed E-state index contributed by atoms with van der Waals surface area (Å²) in [4.78, 5) is 28.4. The van der Waals surface area contributed by atoms with Gasteiger partial charge in [0.1, 0.15) is 5.39 Å². The first-order valence-electron chi connectivity index (χ1n) is 7.56. The first kappa shape index (κ1) is 17.3. The molecule has 0 radical (unpaired) electrons. The lowest BCUT2D eigenvalue weighted by molar-refractivity contribution is -0.114. The van der Waals surface area contributed by atoms with Crippen molar-refractivity contribution in [1.29, 1.82) is 0 Å². The summed E-state index contributed by atoms with van der Waals surface area (Å²) in [7, 11) is 0. The van der Waals surface area contributed by atoms with E-state index in [1.54, 1.807) is 6.07 Å². The normalized spacial score (nSPS) is 20.3. The number of nitrogens with one attached hydrogen (secondary N) is 1. The van der Waals surface area contributed by atoms with Crippen molar-refractivity contribution in [3.63, 3.8) is 0 Å². The van der Waals surface area contributed by atoms with Crippen LogP contribution in [0.25, 0.3) is 10.8 Å². The maximum Gasteiger partial charge on any atom is 0.282 e. The summed E-state index contributed by atoms with van der Waals surface area (Å²) in [5, 5.41) is 7.13. The predicted octanol–water partition coefficient (Wildman–Crippen LogP) is 2.32. The molecule has 25 heavy (non-hydrogen) atoms. The molecular weight excluding hydrogens is 347 g/mol. The Morgan fingerprint density at radius 1 is 1.40 bits per heavy atom. The van der Waals surface area contributed by atoms with E-state index in [0.717, 1.165) is 4.68 Å². The minimum atomic E-state index is -1.62. The average Bonchev–Trinajstić information content (AvgIpc) is 2.53. The summed E-state index contributed by atoms with van der Waals surface area (Å²) in [6, 6.07) is 1.63. The zero-order valence-corrected chi connectivity index (χ0v) is 14.6. The van der Waals surface area contributed by atoms with Crippen LogP contribution in [0.2, 0.25) is 0 Å². The molecule has 130 valence electrons. The van der Waals surface area contributed by atoms with Gasteiger partial charge in [-0.3, -0.25) is 9.59 Å². The maximum absolute atomic E-state index is 14.6. The van der Waals surface area contributed by atoms with E-state index in [-0.39, 0.29) is 15.8 Å². The number of allylic oxidation sites excluding steroid dienone is 2. The lowest BCUT2D eigenvalue weighted by atomic mass is 9.91. The van der Waals surface area contributed by atoms with Crippen LogP contribution in [-0.4, -0.2) is 21.1 Å². The number of pyridine rings is 1.